The summed E-state index contributed by atoms with van der Waals surface area (Å²) in [5.74, 6) is 0.374. The minimum atomic E-state index is -4.65. The van der Waals surface area contributed by atoms with E-state index in [0.717, 1.165) is 12.0 Å². The average Bonchev–Trinajstić information content (AvgIpc) is 3.08. The van der Waals surface area contributed by atoms with E-state index >= 15 is 0 Å². The summed E-state index contributed by atoms with van der Waals surface area (Å²) in [5.41, 5.74) is -0.423. The van der Waals surface area contributed by atoms with Gasteiger partial charge in [-0.05, 0) is 18.2 Å². The van der Waals surface area contributed by atoms with Crippen LogP contribution in [0.5, 0.6) is 5.75 Å². The molecule has 0 fully saturated rings. The molecule has 2 aromatic heterocycles. The second kappa shape index (κ2) is 8.01. The molecule has 1 aromatic carbocycles. The van der Waals surface area contributed by atoms with E-state index in [4.69, 9.17) is 27.9 Å². The Morgan fingerprint density at radius 2 is 2.00 bits per heavy atom. The van der Waals surface area contributed by atoms with Gasteiger partial charge >= 0.3 is 6.18 Å². The van der Waals surface area contributed by atoms with E-state index in [2.05, 4.69) is 20.4 Å². The predicted molar refractivity (Wildman–Crippen MR) is 94.6 cm³/mol. The topological polar surface area (TPSA) is 64.9 Å². The molecule has 142 valence electrons. The van der Waals surface area contributed by atoms with Crippen molar-refractivity contribution in [3.8, 4) is 11.4 Å². The zero-order chi connectivity index (χ0) is 19.4. The first kappa shape index (κ1) is 19.2. The van der Waals surface area contributed by atoms with Crippen molar-refractivity contribution in [3.05, 3.63) is 58.7 Å². The standard InChI is InChI=1S/C16H12Cl2F3N5O/c17-10-2-1-3-11(6-10)26-8-12(7-25-26)27-5-4-22-15-13(18)14(16(19,20)21)23-9-24-15/h1-3,6-9H,4-5H2,(H,22,23,24). The minimum absolute atomic E-state index is 0.114. The summed E-state index contributed by atoms with van der Waals surface area (Å²) < 4.78 is 45.4. The Kier molecular flexibility index (Phi) is 5.71. The summed E-state index contributed by atoms with van der Waals surface area (Å²) >= 11 is 11.6. The molecule has 0 aliphatic rings. The highest BCUT2D eigenvalue weighted by molar-refractivity contribution is 6.33. The Bertz CT molecular complexity index is 932. The Morgan fingerprint density at radius 1 is 1.19 bits per heavy atom. The molecule has 0 saturated carbocycles. The molecule has 0 amide bonds. The third-order valence-electron chi connectivity index (χ3n) is 3.35. The van der Waals surface area contributed by atoms with Gasteiger partial charge in [0.15, 0.2) is 11.4 Å². The zero-order valence-electron chi connectivity index (χ0n) is 13.5. The first-order valence-electron chi connectivity index (χ1n) is 7.59. The monoisotopic (exact) mass is 417 g/mol. The number of nitrogens with zero attached hydrogens (tertiary/aromatic N) is 4. The summed E-state index contributed by atoms with van der Waals surface area (Å²) in [7, 11) is 0. The molecular formula is C16H12Cl2F3N5O. The van der Waals surface area contributed by atoms with Crippen molar-refractivity contribution in [1.82, 2.24) is 19.7 Å². The molecule has 3 aromatic rings. The van der Waals surface area contributed by atoms with Crippen molar-refractivity contribution in [2.45, 2.75) is 6.18 Å². The molecule has 0 atom stereocenters. The van der Waals surface area contributed by atoms with Gasteiger partial charge in [0.25, 0.3) is 0 Å². The van der Waals surface area contributed by atoms with E-state index in [0.29, 0.717) is 10.8 Å². The van der Waals surface area contributed by atoms with Crippen LogP contribution in [0, 0.1) is 0 Å². The Morgan fingerprint density at radius 3 is 2.74 bits per heavy atom. The lowest BCUT2D eigenvalue weighted by Crippen LogP contribution is -2.15. The number of halogens is 5. The van der Waals surface area contributed by atoms with Crippen LogP contribution in [0.4, 0.5) is 19.0 Å². The SMILES string of the molecule is FC(F)(F)c1ncnc(NCCOc2cnn(-c3cccc(Cl)c3)c2)c1Cl. The van der Waals surface area contributed by atoms with Crippen LogP contribution >= 0.6 is 23.2 Å². The Labute approximate surface area is 161 Å². The highest BCUT2D eigenvalue weighted by atomic mass is 35.5. The molecule has 0 bridgehead atoms. The number of benzene rings is 1. The minimum Gasteiger partial charge on any atom is -0.488 e. The molecule has 0 aliphatic carbocycles. The molecule has 2 heterocycles. The largest absolute Gasteiger partial charge is 0.488 e. The maximum absolute atomic E-state index is 12.8. The highest BCUT2D eigenvalue weighted by Gasteiger charge is 2.36. The van der Waals surface area contributed by atoms with E-state index in [1.54, 1.807) is 29.1 Å². The first-order valence-corrected chi connectivity index (χ1v) is 8.35. The number of hydrogen-bond acceptors (Lipinski definition) is 5. The van der Waals surface area contributed by atoms with Gasteiger partial charge in [-0.3, -0.25) is 0 Å². The van der Waals surface area contributed by atoms with Gasteiger partial charge in [-0.1, -0.05) is 29.3 Å². The highest BCUT2D eigenvalue weighted by Crippen LogP contribution is 2.35. The summed E-state index contributed by atoms with van der Waals surface area (Å²) in [5, 5.41) is 6.85. The van der Waals surface area contributed by atoms with Crippen molar-refractivity contribution >= 4 is 29.0 Å². The summed E-state index contributed by atoms with van der Waals surface area (Å²) in [6.07, 6.45) is -0.680. The van der Waals surface area contributed by atoms with Gasteiger partial charge in [-0.15, -0.1) is 0 Å². The maximum Gasteiger partial charge on any atom is 0.435 e. The fourth-order valence-corrected chi connectivity index (χ4v) is 2.63. The van der Waals surface area contributed by atoms with Crippen LogP contribution in [-0.2, 0) is 6.18 Å². The van der Waals surface area contributed by atoms with Gasteiger partial charge in [0.05, 0.1) is 24.6 Å². The van der Waals surface area contributed by atoms with E-state index in [1.807, 2.05) is 6.07 Å². The third-order valence-corrected chi connectivity index (χ3v) is 3.95. The summed E-state index contributed by atoms with van der Waals surface area (Å²) in [6.45, 7) is 0.333. The molecule has 0 spiro atoms. The molecule has 1 N–H and O–H groups in total. The van der Waals surface area contributed by atoms with Crippen LogP contribution < -0.4 is 10.1 Å². The van der Waals surface area contributed by atoms with Gasteiger partial charge in [-0.2, -0.15) is 18.3 Å². The number of alkyl halides is 3. The zero-order valence-corrected chi connectivity index (χ0v) is 15.1. The number of nitrogens with one attached hydrogen (secondary N) is 1. The summed E-state index contributed by atoms with van der Waals surface area (Å²) in [4.78, 5) is 6.87. The smallest absolute Gasteiger partial charge is 0.435 e. The number of aromatic nitrogens is 4. The van der Waals surface area contributed by atoms with Crippen LogP contribution in [0.2, 0.25) is 10.0 Å². The normalized spacial score (nSPS) is 11.4. The Balaban J connectivity index is 1.56. The van der Waals surface area contributed by atoms with Gasteiger partial charge in [-0.25, -0.2) is 14.6 Å². The number of ether oxygens (including phenoxy) is 1. The van der Waals surface area contributed by atoms with E-state index in [1.165, 1.54) is 6.20 Å². The maximum atomic E-state index is 12.8. The molecule has 11 heteroatoms. The molecule has 0 radical (unpaired) electrons. The molecule has 0 aliphatic heterocycles. The first-order chi connectivity index (χ1) is 12.8. The van der Waals surface area contributed by atoms with Crippen LogP contribution in [0.1, 0.15) is 5.69 Å². The summed E-state index contributed by atoms with van der Waals surface area (Å²) in [6, 6.07) is 7.12. The lowest BCUT2D eigenvalue weighted by molar-refractivity contribution is -0.141. The molecule has 0 saturated heterocycles. The van der Waals surface area contributed by atoms with Crippen LogP contribution in [0.3, 0.4) is 0 Å². The lowest BCUT2D eigenvalue weighted by atomic mass is 10.3. The number of hydrogen-bond donors (Lipinski definition) is 1. The lowest BCUT2D eigenvalue weighted by Gasteiger charge is -2.11. The van der Waals surface area contributed by atoms with Crippen molar-refractivity contribution in [3.63, 3.8) is 0 Å². The van der Waals surface area contributed by atoms with Crippen molar-refractivity contribution < 1.29 is 17.9 Å². The quantitative estimate of drug-likeness (QED) is 0.599. The van der Waals surface area contributed by atoms with Gasteiger partial charge in [0.1, 0.15) is 23.8 Å². The van der Waals surface area contributed by atoms with Gasteiger partial charge < -0.3 is 10.1 Å². The predicted octanol–water partition coefficient (Wildman–Crippen LogP) is 4.48. The van der Waals surface area contributed by atoms with Crippen LogP contribution in [0.25, 0.3) is 5.69 Å². The fraction of sp³-hybridized carbons (Fsp3) is 0.188. The van der Waals surface area contributed by atoms with Crippen molar-refractivity contribution in [2.75, 3.05) is 18.5 Å². The fourth-order valence-electron chi connectivity index (χ4n) is 2.17. The van der Waals surface area contributed by atoms with Crippen molar-refractivity contribution in [2.24, 2.45) is 0 Å². The van der Waals surface area contributed by atoms with E-state index in [9.17, 15) is 13.2 Å². The van der Waals surface area contributed by atoms with Crippen LogP contribution in [-0.4, -0.2) is 32.9 Å². The molecular weight excluding hydrogens is 406 g/mol. The van der Waals surface area contributed by atoms with Crippen molar-refractivity contribution in [1.29, 1.82) is 0 Å². The molecule has 0 unspecified atom stereocenters. The number of anilines is 1. The molecule has 6 nitrogen and oxygen atoms in total. The Hall–Kier alpha value is -2.52. The molecule has 3 rings (SSSR count). The molecule has 27 heavy (non-hydrogen) atoms. The second-order valence-electron chi connectivity index (χ2n) is 5.26. The van der Waals surface area contributed by atoms with Gasteiger partial charge in [0.2, 0.25) is 0 Å². The second-order valence-corrected chi connectivity index (χ2v) is 6.07. The van der Waals surface area contributed by atoms with Crippen LogP contribution in [0.15, 0.2) is 43.0 Å². The number of rotatable bonds is 6. The van der Waals surface area contributed by atoms with Gasteiger partial charge in [0, 0.05) is 5.02 Å². The van der Waals surface area contributed by atoms with E-state index < -0.39 is 16.9 Å². The third kappa shape index (κ3) is 4.81. The van der Waals surface area contributed by atoms with E-state index in [-0.39, 0.29) is 19.0 Å². The average molecular weight is 418 g/mol.